The van der Waals surface area contributed by atoms with Crippen molar-refractivity contribution in [3.05, 3.63) is 34.9 Å². The average molecular weight is 331 g/mol. The number of ether oxygens (including phenoxy) is 2. The molecule has 1 aromatic carbocycles. The largest absolute Gasteiger partial charge is 0.493 e. The smallest absolute Gasteiger partial charge is 0.164 e. The third-order valence-corrected chi connectivity index (χ3v) is 5.42. The molecule has 0 amide bonds. The molecule has 0 fully saturated rings. The number of benzene rings is 1. The van der Waals surface area contributed by atoms with E-state index in [2.05, 4.69) is 52.8 Å². The molecule has 2 rings (SSSR count). The molecule has 0 saturated heterocycles. The molecule has 0 aliphatic heterocycles. The van der Waals surface area contributed by atoms with E-state index in [0.29, 0.717) is 23.7 Å². The van der Waals surface area contributed by atoms with Gasteiger partial charge in [0.1, 0.15) is 0 Å². The second-order valence-corrected chi connectivity index (χ2v) is 7.73. The van der Waals surface area contributed by atoms with Crippen LogP contribution in [0.15, 0.2) is 18.2 Å². The number of allylic oxidation sites excluding steroid dienone is 2. The lowest BCUT2D eigenvalue weighted by Crippen LogP contribution is -2.20. The van der Waals surface area contributed by atoms with Crippen LogP contribution in [0.2, 0.25) is 0 Å². The van der Waals surface area contributed by atoms with Gasteiger partial charge < -0.3 is 9.47 Å². The highest BCUT2D eigenvalue weighted by Gasteiger charge is 2.32. The third kappa shape index (κ3) is 3.79. The Hall–Kier alpha value is -1.44. The lowest BCUT2D eigenvalue weighted by molar-refractivity contribution is 0.333. The number of hydrogen-bond donors (Lipinski definition) is 0. The van der Waals surface area contributed by atoms with Crippen LogP contribution in [0, 0.1) is 18.8 Å². The molecule has 1 aliphatic rings. The molecule has 24 heavy (non-hydrogen) atoms. The first-order valence-electron chi connectivity index (χ1n) is 9.32. The standard InChI is InChI=1S/C22H34O2/c1-14(2)9-8-10-15(3)18-12-11-16(4)20-19(18)13-17(5)21(23-6)22(20)24-7/h8-9,13-16,18H,10-12H2,1-7H3/t15-,16-,18+/m0/s1. The number of fused-ring (bicyclic) bond motifs is 1. The molecule has 0 saturated carbocycles. The zero-order chi connectivity index (χ0) is 17.9. The molecule has 0 heterocycles. The Morgan fingerprint density at radius 2 is 1.79 bits per heavy atom. The molecule has 0 unspecified atom stereocenters. The van der Waals surface area contributed by atoms with E-state index in [1.807, 2.05) is 0 Å². The molecule has 0 N–H and O–H groups in total. The Morgan fingerprint density at radius 3 is 2.38 bits per heavy atom. The van der Waals surface area contributed by atoms with E-state index < -0.39 is 0 Å². The van der Waals surface area contributed by atoms with Crippen molar-refractivity contribution in [3.8, 4) is 11.5 Å². The SMILES string of the molecule is COc1c(C)cc2c(c1OC)[C@@H](C)CC[C@@H]2[C@@H](C)CC=CC(C)C. The second kappa shape index (κ2) is 8.09. The summed E-state index contributed by atoms with van der Waals surface area (Å²) in [6.45, 7) is 11.3. The van der Waals surface area contributed by atoms with Crippen molar-refractivity contribution in [2.75, 3.05) is 14.2 Å². The van der Waals surface area contributed by atoms with Gasteiger partial charge in [0.05, 0.1) is 14.2 Å². The molecule has 1 aliphatic carbocycles. The van der Waals surface area contributed by atoms with E-state index in [1.54, 1.807) is 14.2 Å². The quantitative estimate of drug-likeness (QED) is 0.575. The molecule has 0 aromatic heterocycles. The van der Waals surface area contributed by atoms with E-state index in [4.69, 9.17) is 9.47 Å². The Labute approximate surface area is 148 Å². The summed E-state index contributed by atoms with van der Waals surface area (Å²) in [6.07, 6.45) is 8.31. The van der Waals surface area contributed by atoms with Gasteiger partial charge in [0.15, 0.2) is 11.5 Å². The minimum atomic E-state index is 0.527. The summed E-state index contributed by atoms with van der Waals surface area (Å²) in [5.74, 6) is 4.25. The van der Waals surface area contributed by atoms with Crippen molar-refractivity contribution in [1.29, 1.82) is 0 Å². The Bertz CT molecular complexity index is 586. The Kier molecular flexibility index (Phi) is 6.37. The van der Waals surface area contributed by atoms with Crippen LogP contribution in [0.5, 0.6) is 11.5 Å². The molecular weight excluding hydrogens is 296 g/mol. The summed E-state index contributed by atoms with van der Waals surface area (Å²) in [5, 5.41) is 0. The van der Waals surface area contributed by atoms with E-state index in [9.17, 15) is 0 Å². The van der Waals surface area contributed by atoms with Crippen molar-refractivity contribution in [2.45, 2.75) is 65.7 Å². The van der Waals surface area contributed by atoms with Gasteiger partial charge in [-0.3, -0.25) is 0 Å². The van der Waals surface area contributed by atoms with Gasteiger partial charge in [-0.2, -0.15) is 0 Å². The summed E-state index contributed by atoms with van der Waals surface area (Å²) >= 11 is 0. The minimum absolute atomic E-state index is 0.527. The maximum Gasteiger partial charge on any atom is 0.164 e. The van der Waals surface area contributed by atoms with Crippen molar-refractivity contribution in [1.82, 2.24) is 0 Å². The van der Waals surface area contributed by atoms with E-state index >= 15 is 0 Å². The molecule has 0 spiro atoms. The fourth-order valence-electron chi connectivity index (χ4n) is 4.13. The summed E-state index contributed by atoms with van der Waals surface area (Å²) in [7, 11) is 3.50. The van der Waals surface area contributed by atoms with Crippen LogP contribution >= 0.6 is 0 Å². The van der Waals surface area contributed by atoms with Gasteiger partial charge in [-0.1, -0.05) is 45.9 Å². The third-order valence-electron chi connectivity index (χ3n) is 5.42. The number of rotatable bonds is 6. The van der Waals surface area contributed by atoms with Crippen molar-refractivity contribution in [2.24, 2.45) is 11.8 Å². The van der Waals surface area contributed by atoms with Gasteiger partial charge >= 0.3 is 0 Å². The number of aryl methyl sites for hydroxylation is 1. The highest BCUT2D eigenvalue weighted by Crippen LogP contribution is 2.50. The number of hydrogen-bond acceptors (Lipinski definition) is 2. The predicted octanol–water partition coefficient (Wildman–Crippen LogP) is 6.23. The topological polar surface area (TPSA) is 18.5 Å². The van der Waals surface area contributed by atoms with Crippen LogP contribution in [0.1, 0.15) is 75.5 Å². The minimum Gasteiger partial charge on any atom is -0.493 e. The average Bonchev–Trinajstić information content (AvgIpc) is 2.53. The first-order chi connectivity index (χ1) is 11.4. The highest BCUT2D eigenvalue weighted by molar-refractivity contribution is 5.58. The van der Waals surface area contributed by atoms with Crippen LogP contribution in [0.25, 0.3) is 0 Å². The molecule has 3 atom stereocenters. The molecular formula is C22H34O2. The molecule has 2 heteroatoms. The van der Waals surface area contributed by atoms with Crippen molar-refractivity contribution in [3.63, 3.8) is 0 Å². The maximum absolute atomic E-state index is 5.79. The van der Waals surface area contributed by atoms with E-state index in [1.165, 1.54) is 29.5 Å². The van der Waals surface area contributed by atoms with Crippen molar-refractivity contribution >= 4 is 0 Å². The van der Waals surface area contributed by atoms with Crippen LogP contribution < -0.4 is 9.47 Å². The van der Waals surface area contributed by atoms with Crippen molar-refractivity contribution < 1.29 is 9.47 Å². The van der Waals surface area contributed by atoms with Gasteiger partial charge in [0.25, 0.3) is 0 Å². The van der Waals surface area contributed by atoms with Crippen LogP contribution in [0.3, 0.4) is 0 Å². The zero-order valence-electron chi connectivity index (χ0n) is 16.5. The Morgan fingerprint density at radius 1 is 1.12 bits per heavy atom. The second-order valence-electron chi connectivity index (χ2n) is 7.73. The molecule has 1 aromatic rings. The first kappa shape index (κ1) is 18.9. The van der Waals surface area contributed by atoms with Gasteiger partial charge in [0, 0.05) is 5.56 Å². The fraction of sp³-hybridized carbons (Fsp3) is 0.636. The normalized spacial score (nSPS) is 21.8. The number of methoxy groups -OCH3 is 2. The van der Waals surface area contributed by atoms with E-state index in [0.717, 1.165) is 17.9 Å². The van der Waals surface area contributed by atoms with Crippen LogP contribution in [0.4, 0.5) is 0 Å². The van der Waals surface area contributed by atoms with Crippen LogP contribution in [-0.4, -0.2) is 14.2 Å². The zero-order valence-corrected chi connectivity index (χ0v) is 16.5. The monoisotopic (exact) mass is 330 g/mol. The first-order valence-corrected chi connectivity index (χ1v) is 9.32. The van der Waals surface area contributed by atoms with Gasteiger partial charge in [0.2, 0.25) is 0 Å². The summed E-state index contributed by atoms with van der Waals surface area (Å²) in [4.78, 5) is 0. The van der Waals surface area contributed by atoms with Gasteiger partial charge in [-0.05, 0) is 61.0 Å². The molecule has 2 nitrogen and oxygen atoms in total. The lowest BCUT2D eigenvalue weighted by Gasteiger charge is -2.35. The van der Waals surface area contributed by atoms with Crippen LogP contribution in [-0.2, 0) is 0 Å². The van der Waals surface area contributed by atoms with Gasteiger partial charge in [-0.15, -0.1) is 0 Å². The van der Waals surface area contributed by atoms with Gasteiger partial charge in [-0.25, -0.2) is 0 Å². The maximum atomic E-state index is 5.79. The lowest BCUT2D eigenvalue weighted by atomic mass is 9.71. The summed E-state index contributed by atoms with van der Waals surface area (Å²) in [5.41, 5.74) is 4.03. The summed E-state index contributed by atoms with van der Waals surface area (Å²) < 4.78 is 11.4. The Balaban J connectivity index is 2.41. The summed E-state index contributed by atoms with van der Waals surface area (Å²) in [6, 6.07) is 2.35. The molecule has 0 radical (unpaired) electrons. The molecule has 0 bridgehead atoms. The van der Waals surface area contributed by atoms with E-state index in [-0.39, 0.29) is 0 Å². The highest BCUT2D eigenvalue weighted by atomic mass is 16.5. The predicted molar refractivity (Wildman–Crippen MR) is 102 cm³/mol. The molecule has 134 valence electrons. The fourth-order valence-corrected chi connectivity index (χ4v) is 4.13.